The molecule has 0 aliphatic carbocycles. The number of nitrogens with two attached hydrogens (primary N) is 1. The highest BCUT2D eigenvalue weighted by molar-refractivity contribution is 6.15. The average Bonchev–Trinajstić information content (AvgIpc) is 2.87. The van der Waals surface area contributed by atoms with E-state index in [1.165, 1.54) is 0 Å². The van der Waals surface area contributed by atoms with Crippen LogP contribution in [-0.4, -0.2) is 21.8 Å². The number of nitrogens with one attached hydrogen (secondary N) is 2. The van der Waals surface area contributed by atoms with Gasteiger partial charge in [0.1, 0.15) is 11.3 Å². The molecule has 0 radical (unpaired) electrons. The summed E-state index contributed by atoms with van der Waals surface area (Å²) >= 11 is 0. The summed E-state index contributed by atoms with van der Waals surface area (Å²) in [6.07, 6.45) is 0. The molecule has 2 amide bonds. The van der Waals surface area contributed by atoms with Gasteiger partial charge < -0.3 is 16.0 Å². The SMILES string of the molecule is Cc1cc(C)c2c(NC(=O)c3ccccc3)c(C(N)=O)[nH]c2n1. The quantitative estimate of drug-likeness (QED) is 0.693. The number of amides is 2. The Bertz CT molecular complexity index is 913. The number of rotatable bonds is 3. The number of pyridine rings is 1. The molecule has 116 valence electrons. The van der Waals surface area contributed by atoms with Gasteiger partial charge in [-0.25, -0.2) is 4.98 Å². The second-order valence-electron chi connectivity index (χ2n) is 5.36. The predicted molar refractivity (Wildman–Crippen MR) is 88.5 cm³/mol. The number of fused-ring (bicyclic) bond motifs is 1. The van der Waals surface area contributed by atoms with Crippen molar-refractivity contribution in [3.63, 3.8) is 0 Å². The molecule has 0 bridgehead atoms. The Morgan fingerprint density at radius 3 is 2.52 bits per heavy atom. The minimum Gasteiger partial charge on any atom is -0.364 e. The fraction of sp³-hybridized carbons (Fsp3) is 0.118. The van der Waals surface area contributed by atoms with Gasteiger partial charge in [0.25, 0.3) is 11.8 Å². The lowest BCUT2D eigenvalue weighted by atomic mass is 10.1. The summed E-state index contributed by atoms with van der Waals surface area (Å²) in [7, 11) is 0. The summed E-state index contributed by atoms with van der Waals surface area (Å²) in [6.45, 7) is 3.76. The van der Waals surface area contributed by atoms with Gasteiger partial charge in [-0.15, -0.1) is 0 Å². The van der Waals surface area contributed by atoms with Crippen LogP contribution < -0.4 is 11.1 Å². The van der Waals surface area contributed by atoms with E-state index in [0.29, 0.717) is 22.3 Å². The Labute approximate surface area is 132 Å². The Kier molecular flexibility index (Phi) is 3.57. The van der Waals surface area contributed by atoms with Gasteiger partial charge in [-0.1, -0.05) is 18.2 Å². The van der Waals surface area contributed by atoms with E-state index < -0.39 is 5.91 Å². The molecule has 0 unspecified atom stereocenters. The summed E-state index contributed by atoms with van der Waals surface area (Å²) in [5, 5.41) is 3.47. The maximum absolute atomic E-state index is 12.4. The third kappa shape index (κ3) is 2.66. The van der Waals surface area contributed by atoms with E-state index in [2.05, 4.69) is 15.3 Å². The van der Waals surface area contributed by atoms with E-state index in [4.69, 9.17) is 5.73 Å². The average molecular weight is 308 g/mol. The monoisotopic (exact) mass is 308 g/mol. The molecular formula is C17H16N4O2. The van der Waals surface area contributed by atoms with Crippen LogP contribution in [0.2, 0.25) is 0 Å². The van der Waals surface area contributed by atoms with E-state index in [-0.39, 0.29) is 11.6 Å². The standard InChI is InChI=1S/C17H16N4O2/c1-9-8-10(2)19-16-12(9)13(14(20-16)15(18)22)21-17(23)11-6-4-3-5-7-11/h3-8H,1-2H3,(H2,18,22)(H,19,20)(H,21,23). The predicted octanol–water partition coefficient (Wildman–Crippen LogP) is 2.53. The topological polar surface area (TPSA) is 101 Å². The molecule has 2 heterocycles. The van der Waals surface area contributed by atoms with Crippen molar-refractivity contribution in [3.8, 4) is 0 Å². The Balaban J connectivity index is 2.14. The number of nitrogens with zero attached hydrogens (tertiary/aromatic N) is 1. The van der Waals surface area contributed by atoms with Crippen molar-refractivity contribution in [2.24, 2.45) is 5.73 Å². The Morgan fingerprint density at radius 1 is 1.17 bits per heavy atom. The summed E-state index contributed by atoms with van der Waals surface area (Å²) < 4.78 is 0. The van der Waals surface area contributed by atoms with Gasteiger partial charge in [-0.3, -0.25) is 9.59 Å². The molecule has 2 aromatic heterocycles. The van der Waals surface area contributed by atoms with Gasteiger partial charge in [0.2, 0.25) is 0 Å². The highest BCUT2D eigenvalue weighted by atomic mass is 16.2. The number of primary amides is 1. The molecule has 0 saturated heterocycles. The molecular weight excluding hydrogens is 292 g/mol. The van der Waals surface area contributed by atoms with Crippen molar-refractivity contribution in [1.82, 2.24) is 9.97 Å². The van der Waals surface area contributed by atoms with Crippen LogP contribution in [0.15, 0.2) is 36.4 Å². The van der Waals surface area contributed by atoms with Crippen LogP contribution >= 0.6 is 0 Å². The smallest absolute Gasteiger partial charge is 0.267 e. The molecule has 6 heteroatoms. The molecule has 4 N–H and O–H groups in total. The minimum absolute atomic E-state index is 0.144. The van der Waals surface area contributed by atoms with Crippen molar-refractivity contribution in [3.05, 3.63) is 58.9 Å². The first-order valence-electron chi connectivity index (χ1n) is 7.13. The van der Waals surface area contributed by atoms with Gasteiger partial charge in [-0.05, 0) is 37.6 Å². The third-order valence-corrected chi connectivity index (χ3v) is 3.61. The first kappa shape index (κ1) is 14.8. The summed E-state index contributed by atoms with van der Waals surface area (Å²) in [6, 6.07) is 10.7. The van der Waals surface area contributed by atoms with Crippen LogP contribution in [0.5, 0.6) is 0 Å². The molecule has 23 heavy (non-hydrogen) atoms. The number of anilines is 1. The zero-order valence-corrected chi connectivity index (χ0v) is 12.8. The van der Waals surface area contributed by atoms with Gasteiger partial charge in [0.15, 0.2) is 0 Å². The molecule has 0 aliphatic heterocycles. The van der Waals surface area contributed by atoms with Crippen LogP contribution in [0.4, 0.5) is 5.69 Å². The number of benzene rings is 1. The number of carbonyl (C=O) groups excluding carboxylic acids is 2. The highest BCUT2D eigenvalue weighted by Gasteiger charge is 2.20. The first-order valence-corrected chi connectivity index (χ1v) is 7.13. The molecule has 1 aromatic carbocycles. The van der Waals surface area contributed by atoms with E-state index in [1.807, 2.05) is 26.0 Å². The molecule has 0 fully saturated rings. The number of aromatic amines is 1. The van der Waals surface area contributed by atoms with Crippen molar-refractivity contribution in [2.45, 2.75) is 13.8 Å². The molecule has 0 aliphatic rings. The van der Waals surface area contributed by atoms with E-state index >= 15 is 0 Å². The first-order chi connectivity index (χ1) is 11.0. The van der Waals surface area contributed by atoms with Gasteiger partial charge in [0, 0.05) is 16.6 Å². The van der Waals surface area contributed by atoms with Crippen molar-refractivity contribution < 1.29 is 9.59 Å². The van der Waals surface area contributed by atoms with Crippen LogP contribution in [-0.2, 0) is 0 Å². The maximum Gasteiger partial charge on any atom is 0.267 e. The number of H-pyrrole nitrogens is 1. The van der Waals surface area contributed by atoms with Crippen LogP contribution in [0.1, 0.15) is 32.1 Å². The number of hydrogen-bond donors (Lipinski definition) is 3. The lowest BCUT2D eigenvalue weighted by Crippen LogP contribution is -2.18. The molecule has 6 nitrogen and oxygen atoms in total. The fourth-order valence-electron chi connectivity index (χ4n) is 2.63. The van der Waals surface area contributed by atoms with Crippen molar-refractivity contribution in [2.75, 3.05) is 5.32 Å². The Hall–Kier alpha value is -3.15. The maximum atomic E-state index is 12.4. The van der Waals surface area contributed by atoms with Gasteiger partial charge >= 0.3 is 0 Å². The van der Waals surface area contributed by atoms with Crippen molar-refractivity contribution in [1.29, 1.82) is 0 Å². The highest BCUT2D eigenvalue weighted by Crippen LogP contribution is 2.30. The summed E-state index contributed by atoms with van der Waals surface area (Å²) in [5.41, 5.74) is 8.68. The Morgan fingerprint density at radius 2 is 1.87 bits per heavy atom. The largest absolute Gasteiger partial charge is 0.364 e. The van der Waals surface area contributed by atoms with E-state index in [0.717, 1.165) is 11.3 Å². The van der Waals surface area contributed by atoms with Crippen LogP contribution in [0.3, 0.4) is 0 Å². The molecule has 3 rings (SSSR count). The van der Waals surface area contributed by atoms with Crippen LogP contribution in [0.25, 0.3) is 11.0 Å². The normalized spacial score (nSPS) is 10.7. The summed E-state index contributed by atoms with van der Waals surface area (Å²) in [4.78, 5) is 31.4. The number of aryl methyl sites for hydroxylation is 2. The zero-order chi connectivity index (χ0) is 16.6. The summed E-state index contributed by atoms with van der Waals surface area (Å²) in [5.74, 6) is -0.961. The van der Waals surface area contributed by atoms with Crippen molar-refractivity contribution >= 4 is 28.5 Å². The van der Waals surface area contributed by atoms with Gasteiger partial charge in [-0.2, -0.15) is 0 Å². The second-order valence-corrected chi connectivity index (χ2v) is 5.36. The zero-order valence-electron chi connectivity index (χ0n) is 12.8. The van der Waals surface area contributed by atoms with Gasteiger partial charge in [0.05, 0.1) is 5.69 Å². The fourth-order valence-corrected chi connectivity index (χ4v) is 2.63. The number of hydrogen-bond acceptors (Lipinski definition) is 3. The third-order valence-electron chi connectivity index (χ3n) is 3.61. The van der Waals surface area contributed by atoms with E-state index in [1.54, 1.807) is 24.3 Å². The molecule has 0 saturated carbocycles. The lowest BCUT2D eigenvalue weighted by Gasteiger charge is -2.07. The molecule has 3 aromatic rings. The minimum atomic E-state index is -0.650. The molecule has 0 atom stereocenters. The van der Waals surface area contributed by atoms with Crippen LogP contribution in [0, 0.1) is 13.8 Å². The number of aromatic nitrogens is 2. The molecule has 0 spiro atoms. The second kappa shape index (κ2) is 5.57. The lowest BCUT2D eigenvalue weighted by molar-refractivity contribution is 0.0997. The van der Waals surface area contributed by atoms with E-state index in [9.17, 15) is 9.59 Å². The number of carbonyl (C=O) groups is 2.